The molecule has 0 saturated heterocycles. The second-order valence-corrected chi connectivity index (χ2v) is 9.26. The van der Waals surface area contributed by atoms with E-state index in [1.165, 1.54) is 35.9 Å². The molecule has 119 valence electrons. The molecule has 3 aliphatic rings. The van der Waals surface area contributed by atoms with Crippen molar-refractivity contribution >= 4 is 10.2 Å². The van der Waals surface area contributed by atoms with Gasteiger partial charge in [0.2, 0.25) is 0 Å². The van der Waals surface area contributed by atoms with Crippen LogP contribution in [0.4, 0.5) is 0 Å². The van der Waals surface area contributed by atoms with Crippen molar-refractivity contribution < 1.29 is 49.5 Å². The maximum Gasteiger partial charge on any atom is -1.00 e. The summed E-state index contributed by atoms with van der Waals surface area (Å²) < 4.78 is 1.81. The third kappa shape index (κ3) is 2.99. The number of hydrogen-bond acceptors (Lipinski definition) is 0. The van der Waals surface area contributed by atoms with Gasteiger partial charge in [-0.1, -0.05) is 0 Å². The van der Waals surface area contributed by atoms with E-state index in [9.17, 15) is 0 Å². The summed E-state index contributed by atoms with van der Waals surface area (Å²) >= 11 is 1.68. The van der Waals surface area contributed by atoms with Crippen molar-refractivity contribution in [1.29, 1.82) is 0 Å². The largest absolute Gasteiger partial charge is 1.00 e. The van der Waals surface area contributed by atoms with Crippen LogP contribution in [0.25, 0.3) is 0 Å². The van der Waals surface area contributed by atoms with Crippen LogP contribution in [-0.2, 0) is 24.7 Å². The molecule has 0 N–H and O–H groups in total. The van der Waals surface area contributed by atoms with Crippen LogP contribution in [0.15, 0.2) is 42.3 Å². The number of allylic oxidation sites excluding steroid dienone is 8. The van der Waals surface area contributed by atoms with Gasteiger partial charge in [0.1, 0.15) is 0 Å². The summed E-state index contributed by atoms with van der Waals surface area (Å²) in [5, 5.41) is 0. The van der Waals surface area contributed by atoms with Crippen molar-refractivity contribution in [3.63, 3.8) is 0 Å². The number of halogens is 2. The van der Waals surface area contributed by atoms with Crippen molar-refractivity contribution in [2.24, 2.45) is 5.92 Å². The molecule has 0 radical (unpaired) electrons. The fourth-order valence-corrected chi connectivity index (χ4v) is 6.40. The smallest absolute Gasteiger partial charge is 1.00 e. The van der Waals surface area contributed by atoms with Gasteiger partial charge in [0.25, 0.3) is 0 Å². The first-order valence-electron chi connectivity index (χ1n) is 8.02. The molecule has 3 rings (SSSR count). The van der Waals surface area contributed by atoms with Gasteiger partial charge in [-0.25, -0.2) is 0 Å². The van der Waals surface area contributed by atoms with Crippen molar-refractivity contribution in [2.75, 3.05) is 0 Å². The summed E-state index contributed by atoms with van der Waals surface area (Å²) in [4.78, 5) is 0. The Balaban J connectivity index is 0.00000121. The van der Waals surface area contributed by atoms with E-state index in [0.717, 1.165) is 5.54 Å². The zero-order valence-electron chi connectivity index (χ0n) is 14.2. The fourth-order valence-electron chi connectivity index (χ4n) is 4.36. The number of fused-ring (bicyclic) bond motifs is 1. The zero-order valence-corrected chi connectivity index (χ0v) is 20.2. The van der Waals surface area contributed by atoms with Crippen LogP contribution in [0.1, 0.15) is 53.4 Å². The topological polar surface area (TPSA) is 0 Å². The van der Waals surface area contributed by atoms with E-state index in [1.807, 2.05) is 3.28 Å². The molecule has 0 aliphatic heterocycles. The van der Waals surface area contributed by atoms with Gasteiger partial charge in [-0.05, 0) is 0 Å². The van der Waals surface area contributed by atoms with Crippen LogP contribution >= 0.6 is 0 Å². The molecule has 4 heteroatoms. The minimum Gasteiger partial charge on any atom is -1.00 e. The van der Waals surface area contributed by atoms with Crippen LogP contribution in [0, 0.1) is 5.92 Å². The average molecular weight is 432 g/mol. The van der Waals surface area contributed by atoms with Crippen molar-refractivity contribution in [2.45, 2.75) is 58.9 Å². The van der Waals surface area contributed by atoms with E-state index in [4.69, 9.17) is 0 Å². The normalized spacial score (nSPS) is 28.3. The average Bonchev–Trinajstić information content (AvgIpc) is 2.80. The summed E-state index contributed by atoms with van der Waals surface area (Å²) in [7, 11) is 1.29. The molecule has 1 saturated carbocycles. The quantitative estimate of drug-likeness (QED) is 0.427. The molecule has 22 heavy (non-hydrogen) atoms. The molecular formula is C18H25Cl2SiZr. The molecule has 1 fully saturated rings. The molecule has 0 aromatic carbocycles. The predicted molar refractivity (Wildman–Crippen MR) is 86.4 cm³/mol. The van der Waals surface area contributed by atoms with Crippen molar-refractivity contribution in [3.05, 3.63) is 42.3 Å². The Morgan fingerprint density at radius 2 is 1.45 bits per heavy atom. The van der Waals surface area contributed by atoms with Gasteiger partial charge in [-0.2, -0.15) is 0 Å². The van der Waals surface area contributed by atoms with E-state index < -0.39 is 0 Å². The van der Waals surface area contributed by atoms with E-state index in [0.29, 0.717) is 5.92 Å². The third-order valence-electron chi connectivity index (χ3n) is 5.91. The van der Waals surface area contributed by atoms with E-state index in [-0.39, 0.29) is 24.8 Å². The van der Waals surface area contributed by atoms with Crippen molar-refractivity contribution in [1.82, 2.24) is 0 Å². The van der Waals surface area contributed by atoms with Crippen LogP contribution < -0.4 is 24.8 Å². The van der Waals surface area contributed by atoms with E-state index >= 15 is 0 Å². The Bertz CT molecular complexity index is 608. The molecule has 0 nitrogen and oxygen atoms in total. The summed E-state index contributed by atoms with van der Waals surface area (Å²) in [5.41, 5.74) is 12.7. The van der Waals surface area contributed by atoms with E-state index in [2.05, 4.69) is 27.7 Å². The summed E-state index contributed by atoms with van der Waals surface area (Å²) in [6.45, 7) is 9.45. The van der Waals surface area contributed by atoms with Gasteiger partial charge in [0, 0.05) is 0 Å². The number of rotatable bonds is 1. The van der Waals surface area contributed by atoms with Crippen LogP contribution in [0.2, 0.25) is 5.54 Å². The van der Waals surface area contributed by atoms with Gasteiger partial charge in [-0.15, -0.1) is 0 Å². The molecule has 0 aromatic heterocycles. The zero-order chi connectivity index (χ0) is 14.6. The molecule has 3 aliphatic carbocycles. The fraction of sp³-hybridized carbons (Fsp3) is 0.556. The maximum atomic E-state index is 2.43. The van der Waals surface area contributed by atoms with Crippen LogP contribution in [0.5, 0.6) is 0 Å². The van der Waals surface area contributed by atoms with E-state index in [1.54, 1.807) is 63.7 Å². The van der Waals surface area contributed by atoms with Gasteiger partial charge >= 0.3 is 142 Å². The molecule has 0 amide bonds. The monoisotopic (exact) mass is 429 g/mol. The molecule has 0 aromatic rings. The predicted octanol–water partition coefficient (Wildman–Crippen LogP) is -1.86. The first-order valence-corrected chi connectivity index (χ1v) is 10.4. The maximum absolute atomic E-state index is 2.43. The first-order chi connectivity index (χ1) is 9.45. The summed E-state index contributed by atoms with van der Waals surface area (Å²) in [5.74, 6) is 0.652. The van der Waals surface area contributed by atoms with Crippen LogP contribution in [0.3, 0.4) is 0 Å². The second-order valence-electron chi connectivity index (χ2n) is 6.78. The Hall–Kier alpha value is 0.640. The Kier molecular flexibility index (Phi) is 7.22. The standard InChI is InChI=1S/C18H25Si.2ClH.Zr/c1-10-11(2)13(4)17(12(10)3)18-15-8-6-5-7-14(15)9-16(18)19;;;/h12,16H,5-8H2,1-4,19H3;2*1H;/q;;;+2/p-2. The molecule has 2 atom stereocenters. The van der Waals surface area contributed by atoms with Crippen LogP contribution in [-0.4, -0.2) is 10.2 Å². The minimum atomic E-state index is 0. The Labute approximate surface area is 166 Å². The second kappa shape index (κ2) is 7.68. The molecule has 0 spiro atoms. The number of hydrogen-bond donors (Lipinski definition) is 0. The summed E-state index contributed by atoms with van der Waals surface area (Å²) in [6.07, 6.45) is 5.54. The Morgan fingerprint density at radius 1 is 0.909 bits per heavy atom. The molecule has 0 bridgehead atoms. The molecule has 0 heterocycles. The SMILES string of the molecule is CC1=C(C)C(C)C(C2=C3CCCCC3=[C]([Zr+2])C2[SiH3])=C1C.[Cl-].[Cl-]. The van der Waals surface area contributed by atoms with Gasteiger partial charge in [-0.3, -0.25) is 0 Å². The summed E-state index contributed by atoms with van der Waals surface area (Å²) in [6, 6.07) is 0. The van der Waals surface area contributed by atoms with Crippen molar-refractivity contribution in [3.8, 4) is 0 Å². The van der Waals surface area contributed by atoms with Gasteiger partial charge in [0.15, 0.2) is 0 Å². The Morgan fingerprint density at radius 3 is 1.95 bits per heavy atom. The van der Waals surface area contributed by atoms with Gasteiger partial charge in [0.05, 0.1) is 0 Å². The molecule has 2 unspecified atom stereocenters. The van der Waals surface area contributed by atoms with Gasteiger partial charge < -0.3 is 24.8 Å². The first kappa shape index (κ1) is 20.7. The minimum absolute atomic E-state index is 0. The third-order valence-corrected chi connectivity index (χ3v) is 10.3. The molecular weight excluding hydrogens is 406 g/mol.